The van der Waals surface area contributed by atoms with Crippen LogP contribution in [0.5, 0.6) is 0 Å². The lowest BCUT2D eigenvalue weighted by atomic mass is 9.78. The Morgan fingerprint density at radius 2 is 1.45 bits per heavy atom. The lowest BCUT2D eigenvalue weighted by Crippen LogP contribution is -2.51. The van der Waals surface area contributed by atoms with Crippen molar-refractivity contribution in [2.24, 2.45) is 40.6 Å². The second kappa shape index (κ2) is 30.9. The van der Waals surface area contributed by atoms with E-state index in [1.807, 2.05) is 54.6 Å². The first-order chi connectivity index (χ1) is 52.4. The molecule has 3 fully saturated rings. The van der Waals surface area contributed by atoms with Gasteiger partial charge < -0.3 is 36.5 Å². The molecule has 2 saturated heterocycles. The van der Waals surface area contributed by atoms with Crippen LogP contribution in [0, 0.1) is 41.0 Å². The van der Waals surface area contributed by atoms with Crippen LogP contribution in [0.1, 0.15) is 137 Å². The van der Waals surface area contributed by atoms with E-state index >= 15 is 0 Å². The number of fused-ring (bicyclic) bond motifs is 2. The number of allylic oxidation sites excluding steroid dienone is 3. The van der Waals surface area contributed by atoms with Crippen molar-refractivity contribution < 1.29 is 46.3 Å². The maximum atomic E-state index is 14.6. The van der Waals surface area contributed by atoms with Gasteiger partial charge in [0.25, 0.3) is 11.8 Å². The van der Waals surface area contributed by atoms with Crippen LogP contribution in [-0.2, 0) is 36.0 Å². The quantitative estimate of drug-likeness (QED) is 0.0623. The molecule has 5 atom stereocenters. The van der Waals surface area contributed by atoms with Crippen LogP contribution in [0.25, 0.3) is 38.8 Å². The first-order valence-corrected chi connectivity index (χ1v) is 36.5. The maximum absolute atomic E-state index is 14.6. The Balaban J connectivity index is 0.000000116. The summed E-state index contributed by atoms with van der Waals surface area (Å²) < 4.78 is 59.6. The zero-order valence-electron chi connectivity index (χ0n) is 59.5. The number of piperidine rings is 1. The average molecular weight is 1460 g/mol. The number of H-pyrrole nitrogens is 1. The number of piperazine rings is 1. The number of aromatic nitrogens is 6. The van der Waals surface area contributed by atoms with Gasteiger partial charge in [0.1, 0.15) is 47.5 Å². The van der Waals surface area contributed by atoms with Crippen molar-refractivity contribution in [1.82, 2.24) is 55.4 Å². The Hall–Kier alpha value is -11.8. The van der Waals surface area contributed by atoms with Gasteiger partial charge in [0.2, 0.25) is 11.8 Å². The summed E-state index contributed by atoms with van der Waals surface area (Å²) in [5.41, 5.74) is 21.5. The number of nitrogens with one attached hydrogen (secondary N) is 5. The highest BCUT2D eigenvalue weighted by Gasteiger charge is 2.43. The van der Waals surface area contributed by atoms with E-state index in [0.29, 0.717) is 95.4 Å². The fraction of sp³-hybridized carbons (Fsp3) is 0.289. The van der Waals surface area contributed by atoms with E-state index in [-0.39, 0.29) is 82.7 Å². The number of carbonyl (C=O) groups excluding carboxylic acids is 6. The van der Waals surface area contributed by atoms with Crippen LogP contribution in [-0.4, -0.2) is 139 Å². The zero-order valence-corrected chi connectivity index (χ0v) is 59.5. The number of primary amides is 1. The summed E-state index contributed by atoms with van der Waals surface area (Å²) in [7, 11) is 3.70. The summed E-state index contributed by atoms with van der Waals surface area (Å²) in [6, 6.07) is 38.1. The molecule has 2 unspecified atom stereocenters. The highest BCUT2D eigenvalue weighted by atomic mass is 19.1. The molecule has 0 radical (unpaired) electrons. The number of hydrogen-bond donors (Lipinski definition) is 6. The van der Waals surface area contributed by atoms with E-state index in [4.69, 9.17) is 5.73 Å². The third-order valence-corrected chi connectivity index (χ3v) is 21.3. The number of hydrogen-bond acceptors (Lipinski definition) is 14. The minimum absolute atomic E-state index is 0.0283. The predicted molar refractivity (Wildman–Crippen MR) is 403 cm³/mol. The smallest absolute Gasteiger partial charge is 0.256 e. The Bertz CT molecular complexity index is 5300. The molecule has 10 aromatic rings. The lowest BCUT2D eigenvalue weighted by Gasteiger charge is -2.37. The van der Waals surface area contributed by atoms with Gasteiger partial charge in [-0.1, -0.05) is 91.0 Å². The molecule has 1 saturated carbocycles. The number of ketones is 2. The minimum Gasteiger partial charge on any atom is -0.376 e. The first kappa shape index (κ1) is 71.8. The van der Waals surface area contributed by atoms with Gasteiger partial charge in [-0.3, -0.25) is 38.4 Å². The highest BCUT2D eigenvalue weighted by molar-refractivity contribution is 6.21. The third kappa shape index (κ3) is 14.9. The summed E-state index contributed by atoms with van der Waals surface area (Å²) >= 11 is 0. The number of rotatable bonds is 12. The zero-order chi connectivity index (χ0) is 74.9. The fourth-order valence-electron chi connectivity index (χ4n) is 15.6. The molecular formula is C83H79F4N15O6. The van der Waals surface area contributed by atoms with Crippen LogP contribution >= 0.6 is 0 Å². The number of nitrogens with two attached hydrogens (primary N) is 1. The van der Waals surface area contributed by atoms with Gasteiger partial charge in [-0.25, -0.2) is 32.7 Å². The number of hydrazone groups is 1. The second-order valence-electron chi connectivity index (χ2n) is 28.4. The lowest BCUT2D eigenvalue weighted by molar-refractivity contribution is -0.134. The Labute approximate surface area is 619 Å². The molecule has 3 aromatic heterocycles. The average Bonchev–Trinajstić information content (AvgIpc) is 1.04. The topological polar surface area (TPSA) is 272 Å². The number of halogens is 4. The Morgan fingerprint density at radius 1 is 0.722 bits per heavy atom. The molecule has 108 heavy (non-hydrogen) atoms. The normalized spacial score (nSPS) is 19.7. The molecule has 7 aromatic carbocycles. The summed E-state index contributed by atoms with van der Waals surface area (Å²) in [4.78, 5) is 89.2. The molecule has 18 rings (SSSR count). The minimum atomic E-state index is -0.563. The molecule has 550 valence electrons. The molecule has 4 amide bonds. The number of Topliss-reactive ketones (excluding diaryl/α,β-unsaturated/α-hetero) is 2. The highest BCUT2D eigenvalue weighted by Crippen LogP contribution is 2.46. The number of benzene rings is 7. The number of anilines is 1. The van der Waals surface area contributed by atoms with Crippen LogP contribution in [0.4, 0.5) is 23.2 Å². The molecule has 21 nitrogen and oxygen atoms in total. The van der Waals surface area contributed by atoms with Gasteiger partial charge in [-0.15, -0.1) is 0 Å². The molecule has 8 aliphatic rings. The van der Waals surface area contributed by atoms with Gasteiger partial charge >= 0.3 is 0 Å². The van der Waals surface area contributed by atoms with Gasteiger partial charge in [0, 0.05) is 122 Å². The second-order valence-corrected chi connectivity index (χ2v) is 28.4. The maximum Gasteiger partial charge on any atom is 0.256 e. The molecule has 8 heterocycles. The van der Waals surface area contributed by atoms with Crippen molar-refractivity contribution in [2.45, 2.75) is 75.8 Å². The molecule has 3 aliphatic carbocycles. The summed E-state index contributed by atoms with van der Waals surface area (Å²) in [5, 5.41) is 24.7. The van der Waals surface area contributed by atoms with E-state index in [1.165, 1.54) is 72.8 Å². The van der Waals surface area contributed by atoms with E-state index in [0.717, 1.165) is 95.4 Å². The Morgan fingerprint density at radius 3 is 2.18 bits per heavy atom. The molecule has 0 spiro atoms. The fourth-order valence-corrected chi connectivity index (χ4v) is 15.6. The van der Waals surface area contributed by atoms with Crippen molar-refractivity contribution in [3.05, 3.63) is 255 Å². The number of aryl methyl sites for hydroxylation is 2. The summed E-state index contributed by atoms with van der Waals surface area (Å²) in [6.45, 7) is 4.73. The molecule has 0 bridgehead atoms. The summed E-state index contributed by atoms with van der Waals surface area (Å²) in [5.74, 6) is -2.16. The first-order valence-electron chi connectivity index (χ1n) is 36.5. The van der Waals surface area contributed by atoms with Crippen molar-refractivity contribution in [1.29, 1.82) is 0 Å². The number of nitrogens with zero attached hydrogens (tertiary/aromatic N) is 9. The predicted octanol–water partition coefficient (Wildman–Crippen LogP) is 11.7. The summed E-state index contributed by atoms with van der Waals surface area (Å²) in [6.07, 6.45) is 17.8. The van der Waals surface area contributed by atoms with Crippen LogP contribution < -0.4 is 27.1 Å². The van der Waals surface area contributed by atoms with Crippen molar-refractivity contribution >= 4 is 74.1 Å². The van der Waals surface area contributed by atoms with Crippen LogP contribution in [0.2, 0.25) is 0 Å². The van der Waals surface area contributed by atoms with E-state index in [2.05, 4.69) is 100 Å². The standard InChI is InChI=1S/C24H25FN4O3.C20H15F2N5O.C20H19FN2O.C19H20N4O/c25-20-8-5-15(14-21-17-3-1-2-4-18(17)22(30)27-26-21)13-19(20)24(32)29-11-9-28(10-12-29)23(31)16-6-7-16;1-27-20(24-9-25-27)17-18(10-2-4-11(21)5-3-10)26-14-7-12(22)6-13-15(28)8-23-19(17)16(13)14;1-22-11-12-5-7-13(8-6-12)20-15-3-2-4-18(24)16-9-14(21)10-17(23-20)19(15)16;20-19(24)17-5-1-3-15-12-23(22-18(15)17)16-8-6-13(7-9-16)14-4-2-10-21-11-14/h1-5,8,13,16-18H,6-7,9-12,14H2,(H,27,30);2-7,9,17-18,26H,8H2,1H3;5-10,22-23H,2-4,11H2,1H3;1,3,5-9,12,14,21H,2,4,10-11H2,(H2,20,24)/t;17-,18-;;14-/m.1.1/s1. The van der Waals surface area contributed by atoms with Gasteiger partial charge in [-0.05, 0) is 158 Å². The number of carbonyl (C=O) groups is 6. The van der Waals surface area contributed by atoms with Gasteiger partial charge in [-0.2, -0.15) is 15.3 Å². The molecule has 7 N–H and O–H groups in total. The van der Waals surface area contributed by atoms with Crippen molar-refractivity contribution in [3.8, 4) is 16.9 Å². The van der Waals surface area contributed by atoms with Gasteiger partial charge in [0.15, 0.2) is 11.6 Å². The van der Waals surface area contributed by atoms with E-state index in [9.17, 15) is 46.3 Å². The van der Waals surface area contributed by atoms with Gasteiger partial charge in [0.05, 0.1) is 46.1 Å². The molecular weight excluding hydrogens is 1380 g/mol. The largest absolute Gasteiger partial charge is 0.376 e. The SMILES string of the molecule is CNCc1ccc(-c2[nH]c3cc(F)cc4c3c2CCCC4=O)cc1.Cn1ncnc1[C@H]1C2=NCC(=O)c3cc(F)cc(c32)N[C@@H]1c1ccc(F)cc1.NC(=O)c1cccc2cn(-c3ccc([C@@H]4CCCNC4)cc3)nc12.O=C1NN=C(Cc2ccc(F)c(C(=O)N3CCN(C(=O)C4CC4)CC3)c2)C2C=CC=CC12. The van der Waals surface area contributed by atoms with Crippen LogP contribution in [0.3, 0.4) is 0 Å². The van der Waals surface area contributed by atoms with Crippen LogP contribution in [0.15, 0.2) is 180 Å². The Kier molecular flexibility index (Phi) is 20.6. The monoisotopic (exact) mass is 1460 g/mol. The third-order valence-electron chi connectivity index (χ3n) is 21.3. The number of aliphatic imine (C=N–C) groups is 1. The molecule has 25 heteroatoms. The van der Waals surface area contributed by atoms with Crippen molar-refractivity contribution in [3.63, 3.8) is 0 Å². The molecule has 5 aliphatic heterocycles. The number of aromatic amines is 1. The van der Waals surface area contributed by atoms with E-state index in [1.54, 1.807) is 51.6 Å². The van der Waals surface area contributed by atoms with Crippen molar-refractivity contribution in [2.75, 3.05) is 58.2 Å². The van der Waals surface area contributed by atoms with E-state index < -0.39 is 17.5 Å². The number of amides is 4.